The summed E-state index contributed by atoms with van der Waals surface area (Å²) in [5.41, 5.74) is 2.49. The molecular formula is C9H16N4O3S. The van der Waals surface area contributed by atoms with Crippen molar-refractivity contribution < 1.29 is 13.5 Å². The summed E-state index contributed by atoms with van der Waals surface area (Å²) in [6.45, 7) is 1.50. The minimum Gasteiger partial charge on any atom is -0.392 e. The zero-order valence-corrected chi connectivity index (χ0v) is 10.5. The van der Waals surface area contributed by atoms with Gasteiger partial charge < -0.3 is 10.5 Å². The molecule has 1 unspecified atom stereocenters. The summed E-state index contributed by atoms with van der Waals surface area (Å²) in [5, 5.41) is 9.03. The summed E-state index contributed by atoms with van der Waals surface area (Å²) < 4.78 is 25.2. The molecule has 17 heavy (non-hydrogen) atoms. The van der Waals surface area contributed by atoms with Gasteiger partial charge in [-0.05, 0) is 19.1 Å². The number of nitrogens with zero attached hydrogens (tertiary/aromatic N) is 2. The van der Waals surface area contributed by atoms with Gasteiger partial charge in [-0.15, -0.1) is 0 Å². The third-order valence-electron chi connectivity index (χ3n) is 2.10. The number of aliphatic hydroxyl groups is 1. The van der Waals surface area contributed by atoms with Gasteiger partial charge in [0, 0.05) is 19.8 Å². The second-order valence-corrected chi connectivity index (χ2v) is 5.60. The van der Waals surface area contributed by atoms with E-state index in [-0.39, 0.29) is 17.3 Å². The Morgan fingerprint density at radius 2 is 2.29 bits per heavy atom. The van der Waals surface area contributed by atoms with E-state index in [2.05, 4.69) is 10.4 Å². The summed E-state index contributed by atoms with van der Waals surface area (Å²) in [6, 6.07) is 3.08. The second-order valence-electron chi connectivity index (χ2n) is 3.64. The van der Waals surface area contributed by atoms with Crippen molar-refractivity contribution in [3.05, 3.63) is 18.3 Å². The lowest BCUT2D eigenvalue weighted by Crippen LogP contribution is -2.34. The number of hydrazine groups is 1. The van der Waals surface area contributed by atoms with Crippen molar-refractivity contribution >= 4 is 15.7 Å². The van der Waals surface area contributed by atoms with Gasteiger partial charge in [-0.1, -0.05) is 0 Å². The minimum atomic E-state index is -3.76. The summed E-state index contributed by atoms with van der Waals surface area (Å²) >= 11 is 0. The highest BCUT2D eigenvalue weighted by atomic mass is 32.2. The van der Waals surface area contributed by atoms with Gasteiger partial charge in [-0.3, -0.25) is 5.84 Å². The molecule has 0 amide bonds. The molecule has 0 bridgehead atoms. The van der Waals surface area contributed by atoms with Gasteiger partial charge in [0.15, 0.2) is 5.03 Å². The van der Waals surface area contributed by atoms with Crippen molar-refractivity contribution in [2.24, 2.45) is 5.84 Å². The highest BCUT2D eigenvalue weighted by Gasteiger charge is 2.25. The molecule has 0 aliphatic rings. The monoisotopic (exact) mass is 260 g/mol. The van der Waals surface area contributed by atoms with Crippen molar-refractivity contribution in [3.63, 3.8) is 0 Å². The Morgan fingerprint density at radius 3 is 2.82 bits per heavy atom. The first-order valence-electron chi connectivity index (χ1n) is 4.95. The van der Waals surface area contributed by atoms with Crippen LogP contribution in [0.3, 0.4) is 0 Å². The minimum absolute atomic E-state index is 0.0110. The van der Waals surface area contributed by atoms with Crippen LogP contribution in [-0.2, 0) is 10.0 Å². The van der Waals surface area contributed by atoms with E-state index in [1.165, 1.54) is 26.2 Å². The smallest absolute Gasteiger partial charge is 0.262 e. The van der Waals surface area contributed by atoms with Crippen molar-refractivity contribution in [2.75, 3.05) is 19.0 Å². The molecule has 0 aliphatic carbocycles. The maximum atomic E-state index is 12.1. The van der Waals surface area contributed by atoms with Crippen LogP contribution in [0.4, 0.5) is 5.69 Å². The number of nitrogens with one attached hydrogen (secondary N) is 1. The SMILES string of the molecule is CC(O)CN(C)S(=O)(=O)c1ncccc1NN. The van der Waals surface area contributed by atoms with Crippen LogP contribution >= 0.6 is 0 Å². The number of anilines is 1. The van der Waals surface area contributed by atoms with Gasteiger partial charge in [0.25, 0.3) is 10.0 Å². The Bertz CT molecular complexity index is 475. The van der Waals surface area contributed by atoms with E-state index in [1.54, 1.807) is 6.07 Å². The van der Waals surface area contributed by atoms with Gasteiger partial charge >= 0.3 is 0 Å². The first-order chi connectivity index (χ1) is 7.89. The molecule has 1 heterocycles. The summed E-state index contributed by atoms with van der Waals surface area (Å²) in [4.78, 5) is 3.80. The number of likely N-dealkylation sites (N-methyl/N-ethyl adjacent to an activating group) is 1. The van der Waals surface area contributed by atoms with Crippen LogP contribution in [0.1, 0.15) is 6.92 Å². The summed E-state index contributed by atoms with van der Waals surface area (Å²) in [7, 11) is -2.39. The molecule has 0 saturated carbocycles. The molecule has 4 N–H and O–H groups in total. The number of nitrogen functional groups attached to an aromatic ring is 1. The van der Waals surface area contributed by atoms with Crippen molar-refractivity contribution in [2.45, 2.75) is 18.1 Å². The maximum Gasteiger partial charge on any atom is 0.262 e. The van der Waals surface area contributed by atoms with Crippen LogP contribution in [0.2, 0.25) is 0 Å². The summed E-state index contributed by atoms with van der Waals surface area (Å²) in [5.74, 6) is 5.23. The molecule has 1 aromatic rings. The molecule has 0 aliphatic heterocycles. The molecule has 1 aromatic heterocycles. The topological polar surface area (TPSA) is 109 Å². The first-order valence-corrected chi connectivity index (χ1v) is 6.39. The van der Waals surface area contributed by atoms with Crippen molar-refractivity contribution in [1.29, 1.82) is 0 Å². The number of hydrogen-bond donors (Lipinski definition) is 3. The van der Waals surface area contributed by atoms with E-state index >= 15 is 0 Å². The molecule has 1 atom stereocenters. The number of aromatic nitrogens is 1. The van der Waals surface area contributed by atoms with Crippen LogP contribution in [0.5, 0.6) is 0 Å². The fourth-order valence-corrected chi connectivity index (χ4v) is 2.63. The van der Waals surface area contributed by atoms with E-state index in [1.807, 2.05) is 0 Å². The average molecular weight is 260 g/mol. The fraction of sp³-hybridized carbons (Fsp3) is 0.444. The largest absolute Gasteiger partial charge is 0.392 e. The van der Waals surface area contributed by atoms with Crippen LogP contribution < -0.4 is 11.3 Å². The van der Waals surface area contributed by atoms with Crippen LogP contribution in [0.25, 0.3) is 0 Å². The van der Waals surface area contributed by atoms with E-state index in [4.69, 9.17) is 5.84 Å². The van der Waals surface area contributed by atoms with Gasteiger partial charge in [0.1, 0.15) is 0 Å². The molecular weight excluding hydrogens is 244 g/mol. The number of sulfonamides is 1. The molecule has 0 radical (unpaired) electrons. The van der Waals surface area contributed by atoms with Gasteiger partial charge in [-0.2, -0.15) is 4.31 Å². The number of rotatable bonds is 5. The lowest BCUT2D eigenvalue weighted by atomic mass is 10.4. The number of pyridine rings is 1. The Morgan fingerprint density at radius 1 is 1.65 bits per heavy atom. The Balaban J connectivity index is 3.13. The third-order valence-corrected chi connectivity index (χ3v) is 3.89. The number of aliphatic hydroxyl groups excluding tert-OH is 1. The molecule has 8 heteroatoms. The standard InChI is InChI=1S/C9H16N4O3S/c1-7(14)6-13(2)17(15,16)9-8(12-10)4-3-5-11-9/h3-5,7,12,14H,6,10H2,1-2H3. The van der Waals surface area contributed by atoms with Crippen LogP contribution in [0, 0.1) is 0 Å². The summed E-state index contributed by atoms with van der Waals surface area (Å²) in [6.07, 6.45) is 0.608. The van der Waals surface area contributed by atoms with Crippen LogP contribution in [-0.4, -0.2) is 42.5 Å². The molecule has 1 rings (SSSR count). The first kappa shape index (κ1) is 13.8. The van der Waals surface area contributed by atoms with Crippen LogP contribution in [0.15, 0.2) is 23.4 Å². The quantitative estimate of drug-likeness (QED) is 0.480. The maximum absolute atomic E-state index is 12.1. The molecule has 0 spiro atoms. The third kappa shape index (κ3) is 3.13. The molecule has 0 aromatic carbocycles. The lowest BCUT2D eigenvalue weighted by Gasteiger charge is -2.19. The van der Waals surface area contributed by atoms with Crippen molar-refractivity contribution in [3.8, 4) is 0 Å². The Hall–Kier alpha value is -1.22. The predicted molar refractivity (Wildman–Crippen MR) is 63.5 cm³/mol. The molecule has 0 saturated heterocycles. The van der Waals surface area contributed by atoms with Gasteiger partial charge in [-0.25, -0.2) is 13.4 Å². The van der Waals surface area contributed by atoms with E-state index in [9.17, 15) is 13.5 Å². The highest BCUT2D eigenvalue weighted by Crippen LogP contribution is 2.20. The number of nitrogens with two attached hydrogens (primary N) is 1. The van der Waals surface area contributed by atoms with E-state index in [0.29, 0.717) is 0 Å². The average Bonchev–Trinajstić information content (AvgIpc) is 2.28. The lowest BCUT2D eigenvalue weighted by molar-refractivity contribution is 0.171. The molecule has 0 fully saturated rings. The molecule has 7 nitrogen and oxygen atoms in total. The Labute approximate surface area is 100 Å². The number of hydrogen-bond acceptors (Lipinski definition) is 6. The van der Waals surface area contributed by atoms with E-state index in [0.717, 1.165) is 4.31 Å². The van der Waals surface area contributed by atoms with Gasteiger partial charge in [0.2, 0.25) is 0 Å². The fourth-order valence-electron chi connectivity index (χ4n) is 1.32. The zero-order chi connectivity index (χ0) is 13.1. The normalized spacial score (nSPS) is 13.7. The Kier molecular flexibility index (Phi) is 4.40. The van der Waals surface area contributed by atoms with E-state index < -0.39 is 16.1 Å². The zero-order valence-electron chi connectivity index (χ0n) is 9.66. The van der Waals surface area contributed by atoms with Crippen molar-refractivity contribution in [1.82, 2.24) is 9.29 Å². The predicted octanol–water partition coefficient (Wildman–Crippen LogP) is -0.631. The highest BCUT2D eigenvalue weighted by molar-refractivity contribution is 7.89. The van der Waals surface area contributed by atoms with Gasteiger partial charge in [0.05, 0.1) is 11.8 Å². The second kappa shape index (κ2) is 5.41. The molecule has 96 valence electrons.